The van der Waals surface area contributed by atoms with Crippen LogP contribution < -0.4 is 0 Å². The van der Waals surface area contributed by atoms with Gasteiger partial charge in [-0.25, -0.2) is 0 Å². The molecule has 2 amide bonds. The van der Waals surface area contributed by atoms with E-state index in [1.807, 2.05) is 22.4 Å². The first-order chi connectivity index (χ1) is 13.2. The molecule has 0 unspecified atom stereocenters. The Labute approximate surface area is 165 Å². The van der Waals surface area contributed by atoms with Crippen LogP contribution in [0.2, 0.25) is 0 Å². The summed E-state index contributed by atoms with van der Waals surface area (Å²) in [5.41, 5.74) is 0.998. The van der Waals surface area contributed by atoms with Crippen LogP contribution >= 0.6 is 22.7 Å². The van der Waals surface area contributed by atoms with E-state index in [2.05, 4.69) is 6.07 Å². The van der Waals surface area contributed by atoms with Gasteiger partial charge >= 0.3 is 0 Å². The van der Waals surface area contributed by atoms with E-state index in [9.17, 15) is 9.59 Å². The molecule has 0 spiro atoms. The van der Waals surface area contributed by atoms with Gasteiger partial charge in [-0.15, -0.1) is 22.7 Å². The van der Waals surface area contributed by atoms with Crippen molar-refractivity contribution >= 4 is 43.9 Å². The molecule has 136 valence electrons. The maximum atomic E-state index is 12.9. The number of carbonyl (C=O) groups is 2. The van der Waals surface area contributed by atoms with Crippen molar-refractivity contribution in [3.05, 3.63) is 57.8 Å². The molecule has 1 aliphatic heterocycles. The summed E-state index contributed by atoms with van der Waals surface area (Å²) in [5.74, 6) is -0.0396. The van der Waals surface area contributed by atoms with Crippen LogP contribution in [0.5, 0.6) is 0 Å². The highest BCUT2D eigenvalue weighted by Crippen LogP contribution is 2.30. The molecule has 27 heavy (non-hydrogen) atoms. The highest BCUT2D eigenvalue weighted by atomic mass is 32.1. The molecule has 5 nitrogen and oxygen atoms in total. The number of amides is 2. The summed E-state index contributed by atoms with van der Waals surface area (Å²) in [6.07, 6.45) is 0.745. The Bertz CT molecular complexity index is 1020. The van der Waals surface area contributed by atoms with E-state index in [1.54, 1.807) is 40.5 Å². The SMILES string of the molecule is N#Cc1cccc(C(=O)N2CCCN(C(=O)c3cc4sccc4s3)CC2)c1. The van der Waals surface area contributed by atoms with Crippen molar-refractivity contribution in [3.63, 3.8) is 0 Å². The second-order valence-corrected chi connectivity index (χ2v) is 8.42. The molecule has 7 heteroatoms. The Kier molecular flexibility index (Phi) is 4.92. The molecular formula is C20H17N3O2S2. The van der Waals surface area contributed by atoms with Crippen LogP contribution in [0.4, 0.5) is 0 Å². The molecule has 0 bridgehead atoms. The predicted molar refractivity (Wildman–Crippen MR) is 107 cm³/mol. The van der Waals surface area contributed by atoms with Crippen LogP contribution in [0.3, 0.4) is 0 Å². The van der Waals surface area contributed by atoms with Crippen LogP contribution in [0.15, 0.2) is 41.8 Å². The van der Waals surface area contributed by atoms with Crippen molar-refractivity contribution in [3.8, 4) is 6.07 Å². The summed E-state index contributed by atoms with van der Waals surface area (Å²) in [6.45, 7) is 2.28. The first-order valence-electron chi connectivity index (χ1n) is 8.71. The predicted octanol–water partition coefficient (Wildman–Crippen LogP) is 3.82. The van der Waals surface area contributed by atoms with Crippen LogP contribution in [-0.2, 0) is 0 Å². The van der Waals surface area contributed by atoms with E-state index >= 15 is 0 Å². The lowest BCUT2D eigenvalue weighted by Crippen LogP contribution is -2.37. The smallest absolute Gasteiger partial charge is 0.264 e. The zero-order valence-corrected chi connectivity index (χ0v) is 16.2. The monoisotopic (exact) mass is 395 g/mol. The number of benzene rings is 1. The fourth-order valence-electron chi connectivity index (χ4n) is 3.26. The summed E-state index contributed by atoms with van der Waals surface area (Å²) in [6, 6.07) is 12.8. The first kappa shape index (κ1) is 17.7. The zero-order valence-electron chi connectivity index (χ0n) is 14.6. The van der Waals surface area contributed by atoms with Gasteiger partial charge in [-0.05, 0) is 42.1 Å². The van der Waals surface area contributed by atoms with Gasteiger partial charge in [0.1, 0.15) is 0 Å². The molecule has 0 radical (unpaired) electrons. The molecule has 0 N–H and O–H groups in total. The van der Waals surface area contributed by atoms with Gasteiger partial charge in [-0.2, -0.15) is 5.26 Å². The van der Waals surface area contributed by atoms with Crippen molar-refractivity contribution in [1.29, 1.82) is 5.26 Å². The largest absolute Gasteiger partial charge is 0.337 e. The third-order valence-corrected chi connectivity index (χ3v) is 6.74. The Hall–Kier alpha value is -2.69. The molecule has 0 saturated carbocycles. The summed E-state index contributed by atoms with van der Waals surface area (Å²) in [5, 5.41) is 11.1. The molecule has 4 rings (SSSR count). The summed E-state index contributed by atoms with van der Waals surface area (Å²) in [7, 11) is 0. The number of fused-ring (bicyclic) bond motifs is 1. The topological polar surface area (TPSA) is 64.4 Å². The average molecular weight is 396 g/mol. The minimum absolute atomic E-state index is 0.0455. The number of carbonyl (C=O) groups excluding carboxylic acids is 2. The molecule has 3 heterocycles. The molecular weight excluding hydrogens is 378 g/mol. The van der Waals surface area contributed by atoms with Gasteiger partial charge in [0, 0.05) is 41.1 Å². The minimum atomic E-state index is -0.0852. The van der Waals surface area contributed by atoms with E-state index < -0.39 is 0 Å². The fraction of sp³-hybridized carbons (Fsp3) is 0.250. The maximum Gasteiger partial charge on any atom is 0.264 e. The second-order valence-electron chi connectivity index (χ2n) is 6.39. The highest BCUT2D eigenvalue weighted by molar-refractivity contribution is 7.27. The van der Waals surface area contributed by atoms with Crippen molar-refractivity contribution < 1.29 is 9.59 Å². The van der Waals surface area contributed by atoms with Crippen LogP contribution in [0.25, 0.3) is 9.40 Å². The summed E-state index contributed by atoms with van der Waals surface area (Å²) in [4.78, 5) is 30.0. The third-order valence-electron chi connectivity index (χ3n) is 4.66. The van der Waals surface area contributed by atoms with Gasteiger partial charge in [0.15, 0.2) is 0 Å². The first-order valence-corrected chi connectivity index (χ1v) is 10.4. The highest BCUT2D eigenvalue weighted by Gasteiger charge is 2.24. The van der Waals surface area contributed by atoms with Crippen molar-refractivity contribution in [1.82, 2.24) is 9.80 Å². The van der Waals surface area contributed by atoms with E-state index in [1.165, 1.54) is 11.3 Å². The normalized spacial score (nSPS) is 14.8. The molecule has 3 aromatic rings. The lowest BCUT2D eigenvalue weighted by molar-refractivity contribution is 0.0721. The van der Waals surface area contributed by atoms with Crippen LogP contribution in [-0.4, -0.2) is 47.8 Å². The van der Waals surface area contributed by atoms with Gasteiger partial charge in [-0.1, -0.05) is 6.07 Å². The number of rotatable bonds is 2. The fourth-order valence-corrected chi connectivity index (χ4v) is 5.33. The Balaban J connectivity index is 1.45. The molecule has 0 aliphatic carbocycles. The van der Waals surface area contributed by atoms with Crippen molar-refractivity contribution in [2.45, 2.75) is 6.42 Å². The molecule has 2 aromatic heterocycles. The van der Waals surface area contributed by atoms with E-state index in [0.29, 0.717) is 37.3 Å². The number of hydrogen-bond donors (Lipinski definition) is 0. The van der Waals surface area contributed by atoms with Crippen LogP contribution in [0.1, 0.15) is 32.0 Å². The molecule has 1 aliphatic rings. The molecule has 1 saturated heterocycles. The van der Waals surface area contributed by atoms with Crippen molar-refractivity contribution in [2.75, 3.05) is 26.2 Å². The summed E-state index contributed by atoms with van der Waals surface area (Å²) < 4.78 is 2.29. The molecule has 0 atom stereocenters. The lowest BCUT2D eigenvalue weighted by Gasteiger charge is -2.22. The number of hydrogen-bond acceptors (Lipinski definition) is 5. The van der Waals surface area contributed by atoms with Gasteiger partial charge < -0.3 is 9.80 Å². The standard InChI is InChI=1S/C20H17N3O2S2/c21-13-14-3-1-4-15(11-14)19(24)22-6-2-7-23(9-8-22)20(25)18-12-17-16(27-18)5-10-26-17/h1,3-5,10-12H,2,6-9H2. The lowest BCUT2D eigenvalue weighted by atomic mass is 10.1. The van der Waals surface area contributed by atoms with Gasteiger partial charge in [0.25, 0.3) is 11.8 Å². The minimum Gasteiger partial charge on any atom is -0.337 e. The van der Waals surface area contributed by atoms with Gasteiger partial charge in [0.2, 0.25) is 0 Å². The Morgan fingerprint density at radius 2 is 1.74 bits per heavy atom. The van der Waals surface area contributed by atoms with Gasteiger partial charge in [-0.3, -0.25) is 9.59 Å². The number of thiophene rings is 2. The third kappa shape index (κ3) is 3.59. The van der Waals surface area contributed by atoms with Gasteiger partial charge in [0.05, 0.1) is 16.5 Å². The van der Waals surface area contributed by atoms with E-state index in [4.69, 9.17) is 5.26 Å². The molecule has 1 fully saturated rings. The zero-order chi connectivity index (χ0) is 18.8. The number of nitrogens with zero attached hydrogens (tertiary/aromatic N) is 3. The second kappa shape index (κ2) is 7.51. The van der Waals surface area contributed by atoms with E-state index in [-0.39, 0.29) is 11.8 Å². The Morgan fingerprint density at radius 3 is 2.48 bits per heavy atom. The quantitative estimate of drug-likeness (QED) is 0.663. The molecule has 1 aromatic carbocycles. The van der Waals surface area contributed by atoms with Crippen LogP contribution in [0, 0.1) is 11.3 Å². The average Bonchev–Trinajstić information content (AvgIpc) is 3.21. The Morgan fingerprint density at radius 1 is 0.963 bits per heavy atom. The number of nitriles is 1. The van der Waals surface area contributed by atoms with Crippen molar-refractivity contribution in [2.24, 2.45) is 0 Å². The van der Waals surface area contributed by atoms with E-state index in [0.717, 1.165) is 20.7 Å². The summed E-state index contributed by atoms with van der Waals surface area (Å²) >= 11 is 3.17. The maximum absolute atomic E-state index is 12.9.